The fraction of sp³-hybridized carbons (Fsp3) is 0.241. The Bertz CT molecular complexity index is 1330. The summed E-state index contributed by atoms with van der Waals surface area (Å²) >= 11 is 0. The highest BCUT2D eigenvalue weighted by Crippen LogP contribution is 2.34. The number of fused-ring (bicyclic) bond motifs is 1. The summed E-state index contributed by atoms with van der Waals surface area (Å²) in [5, 5.41) is 5.04. The lowest BCUT2D eigenvalue weighted by Gasteiger charge is -2.33. The van der Waals surface area contributed by atoms with E-state index in [1.807, 2.05) is 47.4 Å². The van der Waals surface area contributed by atoms with E-state index in [1.54, 1.807) is 0 Å². The molecule has 0 spiro atoms. The number of carbonyl (C=O) groups is 1. The van der Waals surface area contributed by atoms with Crippen LogP contribution in [0.3, 0.4) is 0 Å². The van der Waals surface area contributed by atoms with Crippen LogP contribution in [-0.4, -0.2) is 40.5 Å². The van der Waals surface area contributed by atoms with Crippen LogP contribution in [0.15, 0.2) is 84.9 Å². The highest BCUT2D eigenvalue weighted by atomic mass is 16.7. The van der Waals surface area contributed by atoms with Crippen LogP contribution in [0.1, 0.15) is 24.4 Å². The van der Waals surface area contributed by atoms with Crippen molar-refractivity contribution in [3.05, 3.63) is 90.5 Å². The number of rotatable bonds is 5. The van der Waals surface area contributed by atoms with Gasteiger partial charge in [0, 0.05) is 18.7 Å². The van der Waals surface area contributed by atoms with E-state index in [-0.39, 0.29) is 18.7 Å². The molecule has 1 saturated heterocycles. The minimum absolute atomic E-state index is 0.149. The molecule has 0 unspecified atom stereocenters. The normalized spacial score (nSPS) is 15.4. The summed E-state index contributed by atoms with van der Waals surface area (Å²) in [4.78, 5) is 15.0. The van der Waals surface area contributed by atoms with E-state index in [0.717, 1.165) is 65.5 Å². The van der Waals surface area contributed by atoms with Crippen LogP contribution in [0.5, 0.6) is 11.5 Å². The summed E-state index contributed by atoms with van der Waals surface area (Å²) in [6, 6.07) is 28.9. The number of piperidine rings is 1. The molecule has 35 heavy (non-hydrogen) atoms. The van der Waals surface area contributed by atoms with Crippen LogP contribution in [0.2, 0.25) is 0 Å². The molecular weight excluding hydrogens is 438 g/mol. The highest BCUT2D eigenvalue weighted by Gasteiger charge is 2.27. The Labute approximate surface area is 204 Å². The predicted molar refractivity (Wildman–Crippen MR) is 134 cm³/mol. The SMILES string of the molecule is O=C(Cc1ccc2c(c1)OCO2)N1CCC(n2nc(-c3ccccc3)cc2-c2ccccc2)CC1. The first-order valence-corrected chi connectivity index (χ1v) is 12.1. The Morgan fingerprint density at radius 3 is 2.26 bits per heavy atom. The van der Waals surface area contributed by atoms with E-state index in [2.05, 4.69) is 47.1 Å². The lowest BCUT2D eigenvalue weighted by Crippen LogP contribution is -2.40. The summed E-state index contributed by atoms with van der Waals surface area (Å²) in [7, 11) is 0. The number of hydrogen-bond donors (Lipinski definition) is 0. The number of nitrogens with zero attached hydrogens (tertiary/aromatic N) is 3. The molecule has 3 heterocycles. The van der Waals surface area contributed by atoms with Crippen molar-refractivity contribution in [3.8, 4) is 34.0 Å². The number of aromatic nitrogens is 2. The summed E-state index contributed by atoms with van der Waals surface area (Å²) < 4.78 is 13.0. The van der Waals surface area contributed by atoms with Crippen molar-refractivity contribution in [2.24, 2.45) is 0 Å². The van der Waals surface area contributed by atoms with Crippen LogP contribution in [0.4, 0.5) is 0 Å². The van der Waals surface area contributed by atoms with Crippen LogP contribution in [-0.2, 0) is 11.2 Å². The van der Waals surface area contributed by atoms with Crippen molar-refractivity contribution in [3.63, 3.8) is 0 Å². The standard InChI is InChI=1S/C29H27N3O3/c33-29(18-21-11-12-27-28(17-21)35-20-34-27)31-15-13-24(14-16-31)32-26(23-9-5-2-6-10-23)19-25(30-32)22-7-3-1-4-8-22/h1-12,17,19,24H,13-16,18,20H2. The van der Waals surface area contributed by atoms with E-state index in [0.29, 0.717) is 6.42 Å². The second-order valence-electron chi connectivity index (χ2n) is 9.07. The van der Waals surface area contributed by atoms with Gasteiger partial charge in [-0.2, -0.15) is 5.10 Å². The third-order valence-electron chi connectivity index (χ3n) is 6.83. The average Bonchev–Trinajstić information content (AvgIpc) is 3.57. The Balaban J connectivity index is 1.18. The fourth-order valence-electron chi connectivity index (χ4n) is 4.94. The zero-order chi connectivity index (χ0) is 23.6. The second kappa shape index (κ2) is 9.29. The average molecular weight is 466 g/mol. The van der Waals surface area contributed by atoms with Crippen molar-refractivity contribution >= 4 is 5.91 Å². The number of likely N-dealkylation sites (tertiary alicyclic amines) is 1. The molecule has 0 saturated carbocycles. The van der Waals surface area contributed by atoms with Crippen LogP contribution >= 0.6 is 0 Å². The lowest BCUT2D eigenvalue weighted by molar-refractivity contribution is -0.131. The number of carbonyl (C=O) groups excluding carboxylic acids is 1. The number of amides is 1. The van der Waals surface area contributed by atoms with Crippen LogP contribution in [0, 0.1) is 0 Å². The molecule has 0 atom stereocenters. The van der Waals surface area contributed by atoms with Gasteiger partial charge in [0.1, 0.15) is 0 Å². The number of ether oxygens (including phenoxy) is 2. The largest absolute Gasteiger partial charge is 0.454 e. The van der Waals surface area contributed by atoms with Gasteiger partial charge in [-0.1, -0.05) is 66.7 Å². The van der Waals surface area contributed by atoms with Crippen molar-refractivity contribution in [2.45, 2.75) is 25.3 Å². The monoisotopic (exact) mass is 465 g/mol. The molecule has 1 amide bonds. The Morgan fingerprint density at radius 1 is 0.829 bits per heavy atom. The predicted octanol–water partition coefficient (Wildman–Crippen LogP) is 5.35. The molecule has 6 nitrogen and oxygen atoms in total. The van der Waals surface area contributed by atoms with Gasteiger partial charge in [-0.25, -0.2) is 0 Å². The summed E-state index contributed by atoms with van der Waals surface area (Å²) in [5.41, 5.74) is 5.32. The Hall–Kier alpha value is -4.06. The summed E-state index contributed by atoms with van der Waals surface area (Å²) in [5.74, 6) is 1.61. The van der Waals surface area contributed by atoms with Gasteiger partial charge in [0.15, 0.2) is 11.5 Å². The molecule has 0 aliphatic carbocycles. The maximum Gasteiger partial charge on any atom is 0.231 e. The molecular formula is C29H27N3O3. The minimum atomic E-state index is 0.149. The van der Waals surface area contributed by atoms with Crippen LogP contribution < -0.4 is 9.47 Å². The zero-order valence-corrected chi connectivity index (χ0v) is 19.5. The second-order valence-corrected chi connectivity index (χ2v) is 9.07. The first-order valence-electron chi connectivity index (χ1n) is 12.1. The van der Waals surface area contributed by atoms with E-state index >= 15 is 0 Å². The summed E-state index contributed by atoms with van der Waals surface area (Å²) in [6.07, 6.45) is 2.13. The van der Waals surface area contributed by atoms with Gasteiger partial charge in [-0.15, -0.1) is 0 Å². The number of benzene rings is 3. The molecule has 2 aliphatic heterocycles. The fourth-order valence-corrected chi connectivity index (χ4v) is 4.94. The molecule has 3 aromatic carbocycles. The molecule has 0 N–H and O–H groups in total. The van der Waals surface area contributed by atoms with Crippen molar-refractivity contribution in [1.82, 2.24) is 14.7 Å². The topological polar surface area (TPSA) is 56.6 Å². The smallest absolute Gasteiger partial charge is 0.231 e. The maximum atomic E-state index is 13.0. The first-order chi connectivity index (χ1) is 17.2. The van der Waals surface area contributed by atoms with Crippen molar-refractivity contribution < 1.29 is 14.3 Å². The van der Waals surface area contributed by atoms with E-state index in [1.165, 1.54) is 0 Å². The van der Waals surface area contributed by atoms with E-state index in [9.17, 15) is 4.79 Å². The summed E-state index contributed by atoms with van der Waals surface area (Å²) in [6.45, 7) is 1.69. The van der Waals surface area contributed by atoms with Gasteiger partial charge >= 0.3 is 0 Å². The molecule has 2 aliphatic rings. The molecule has 4 aromatic rings. The van der Waals surface area contributed by atoms with E-state index in [4.69, 9.17) is 14.6 Å². The maximum absolute atomic E-state index is 13.0. The van der Waals surface area contributed by atoms with Gasteiger partial charge < -0.3 is 14.4 Å². The van der Waals surface area contributed by atoms with Gasteiger partial charge in [-0.3, -0.25) is 9.48 Å². The molecule has 6 rings (SSSR count). The quantitative estimate of drug-likeness (QED) is 0.399. The zero-order valence-electron chi connectivity index (χ0n) is 19.5. The van der Waals surface area contributed by atoms with E-state index < -0.39 is 0 Å². The minimum Gasteiger partial charge on any atom is -0.454 e. The highest BCUT2D eigenvalue weighted by molar-refractivity contribution is 5.79. The molecule has 1 fully saturated rings. The van der Waals surface area contributed by atoms with Crippen molar-refractivity contribution in [2.75, 3.05) is 19.9 Å². The van der Waals surface area contributed by atoms with Crippen molar-refractivity contribution in [1.29, 1.82) is 0 Å². The van der Waals surface area contributed by atoms with Gasteiger partial charge in [0.25, 0.3) is 0 Å². The molecule has 1 aromatic heterocycles. The van der Waals surface area contributed by atoms with Gasteiger partial charge in [0.2, 0.25) is 12.7 Å². The Morgan fingerprint density at radius 2 is 1.51 bits per heavy atom. The third-order valence-corrected chi connectivity index (χ3v) is 6.83. The lowest BCUT2D eigenvalue weighted by atomic mass is 10.0. The molecule has 0 bridgehead atoms. The molecule has 6 heteroatoms. The Kier molecular flexibility index (Phi) is 5.70. The molecule has 176 valence electrons. The van der Waals surface area contributed by atoms with Gasteiger partial charge in [0.05, 0.1) is 23.9 Å². The third kappa shape index (κ3) is 4.39. The van der Waals surface area contributed by atoms with Gasteiger partial charge in [-0.05, 0) is 42.2 Å². The van der Waals surface area contributed by atoms with Crippen LogP contribution in [0.25, 0.3) is 22.5 Å². The number of hydrogen-bond acceptors (Lipinski definition) is 4. The molecule has 0 radical (unpaired) electrons. The first kappa shape index (κ1) is 21.5.